The zero-order valence-corrected chi connectivity index (χ0v) is 8.85. The van der Waals surface area contributed by atoms with E-state index in [4.69, 9.17) is 16.3 Å². The lowest BCUT2D eigenvalue weighted by Gasteiger charge is -2.24. The third-order valence-corrected chi connectivity index (χ3v) is 2.59. The molecule has 6 heteroatoms. The molecule has 1 heterocycles. The van der Waals surface area contributed by atoms with Crippen LogP contribution in [0.2, 0.25) is 5.02 Å². The van der Waals surface area contributed by atoms with Gasteiger partial charge in [0.2, 0.25) is 5.91 Å². The molecule has 1 atom stereocenters. The third kappa shape index (κ3) is 2.01. The van der Waals surface area contributed by atoms with Gasteiger partial charge in [-0.05, 0) is 12.1 Å². The number of rotatable bonds is 1. The van der Waals surface area contributed by atoms with Crippen LogP contribution >= 0.6 is 11.6 Å². The zero-order valence-electron chi connectivity index (χ0n) is 8.10. The van der Waals surface area contributed by atoms with E-state index in [1.165, 1.54) is 0 Å². The maximum absolute atomic E-state index is 13.6. The Labute approximate surface area is 95.3 Å². The van der Waals surface area contributed by atoms with Gasteiger partial charge in [0, 0.05) is 6.54 Å². The number of hydrogen-bond donors (Lipinski definition) is 1. The quantitative estimate of drug-likeness (QED) is 0.769. The van der Waals surface area contributed by atoms with Gasteiger partial charge in [0.05, 0.1) is 10.6 Å². The second kappa shape index (κ2) is 4.35. The standard InChI is InChI=1S/C10H8ClF2NO2/c11-5-1-2-6(12)9(10(5)13)7-3-14-8(15)4-16-7/h1-2,7H,3-4H2,(H,14,15). The molecule has 2 rings (SSSR count). The fourth-order valence-electron chi connectivity index (χ4n) is 1.52. The minimum Gasteiger partial charge on any atom is -0.362 e. The van der Waals surface area contributed by atoms with Crippen molar-refractivity contribution < 1.29 is 18.3 Å². The van der Waals surface area contributed by atoms with Crippen molar-refractivity contribution in [1.29, 1.82) is 0 Å². The molecular formula is C10H8ClF2NO2. The Morgan fingerprint density at radius 2 is 2.19 bits per heavy atom. The van der Waals surface area contributed by atoms with Crippen molar-refractivity contribution in [3.63, 3.8) is 0 Å². The van der Waals surface area contributed by atoms with Crippen molar-refractivity contribution in [2.24, 2.45) is 0 Å². The van der Waals surface area contributed by atoms with Gasteiger partial charge in [0.15, 0.2) is 5.82 Å². The Morgan fingerprint density at radius 3 is 2.81 bits per heavy atom. The van der Waals surface area contributed by atoms with Crippen molar-refractivity contribution in [3.05, 3.63) is 34.4 Å². The highest BCUT2D eigenvalue weighted by Gasteiger charge is 2.26. The average molecular weight is 248 g/mol. The van der Waals surface area contributed by atoms with E-state index in [0.29, 0.717) is 0 Å². The molecule has 0 aliphatic carbocycles. The molecule has 16 heavy (non-hydrogen) atoms. The van der Waals surface area contributed by atoms with Gasteiger partial charge in [-0.2, -0.15) is 0 Å². The number of morpholine rings is 1. The fourth-order valence-corrected chi connectivity index (χ4v) is 1.68. The Bertz CT molecular complexity index is 429. The van der Waals surface area contributed by atoms with Gasteiger partial charge < -0.3 is 10.1 Å². The van der Waals surface area contributed by atoms with Crippen molar-refractivity contribution >= 4 is 17.5 Å². The molecule has 0 radical (unpaired) electrons. The highest BCUT2D eigenvalue weighted by atomic mass is 35.5. The minimum atomic E-state index is -0.845. The Balaban J connectivity index is 2.33. The third-order valence-electron chi connectivity index (χ3n) is 2.30. The molecule has 3 nitrogen and oxygen atoms in total. The first-order valence-corrected chi connectivity index (χ1v) is 4.99. The molecule has 1 N–H and O–H groups in total. The van der Waals surface area contributed by atoms with E-state index < -0.39 is 17.7 Å². The summed E-state index contributed by atoms with van der Waals surface area (Å²) in [5, 5.41) is 2.29. The monoisotopic (exact) mass is 247 g/mol. The molecule has 86 valence electrons. The molecule has 0 bridgehead atoms. The first-order valence-electron chi connectivity index (χ1n) is 4.61. The van der Waals surface area contributed by atoms with Gasteiger partial charge in [0.1, 0.15) is 18.5 Å². The van der Waals surface area contributed by atoms with E-state index in [2.05, 4.69) is 5.32 Å². The summed E-state index contributed by atoms with van der Waals surface area (Å²) in [4.78, 5) is 10.8. The van der Waals surface area contributed by atoms with Gasteiger partial charge in [-0.3, -0.25) is 4.79 Å². The SMILES string of the molecule is O=C1COC(c2c(F)ccc(Cl)c2F)CN1. The summed E-state index contributed by atoms with van der Waals surface area (Å²) >= 11 is 5.55. The number of ether oxygens (including phenoxy) is 1. The van der Waals surface area contributed by atoms with Crippen molar-refractivity contribution in [2.75, 3.05) is 13.2 Å². The lowest BCUT2D eigenvalue weighted by Crippen LogP contribution is -2.39. The van der Waals surface area contributed by atoms with Gasteiger partial charge in [-0.1, -0.05) is 11.6 Å². The average Bonchev–Trinajstić information content (AvgIpc) is 2.27. The smallest absolute Gasteiger partial charge is 0.246 e. The lowest BCUT2D eigenvalue weighted by molar-refractivity contribution is -0.133. The molecule has 0 saturated carbocycles. The van der Waals surface area contributed by atoms with Crippen molar-refractivity contribution in [2.45, 2.75) is 6.10 Å². The van der Waals surface area contributed by atoms with E-state index in [1.807, 2.05) is 0 Å². The van der Waals surface area contributed by atoms with Crippen molar-refractivity contribution in [1.82, 2.24) is 5.32 Å². The van der Waals surface area contributed by atoms with E-state index in [0.717, 1.165) is 12.1 Å². The fraction of sp³-hybridized carbons (Fsp3) is 0.300. The largest absolute Gasteiger partial charge is 0.362 e. The lowest BCUT2D eigenvalue weighted by atomic mass is 10.1. The van der Waals surface area contributed by atoms with Gasteiger partial charge in [0.25, 0.3) is 0 Å². The number of benzene rings is 1. The Kier molecular flexibility index (Phi) is 3.07. The van der Waals surface area contributed by atoms with E-state index in [-0.39, 0.29) is 29.6 Å². The van der Waals surface area contributed by atoms with Gasteiger partial charge in [-0.25, -0.2) is 8.78 Å². The first-order chi connectivity index (χ1) is 7.59. The Hall–Kier alpha value is -1.20. The van der Waals surface area contributed by atoms with Crippen LogP contribution in [0, 0.1) is 11.6 Å². The Morgan fingerprint density at radius 1 is 1.44 bits per heavy atom. The normalized spacial score (nSPS) is 20.7. The summed E-state index contributed by atoms with van der Waals surface area (Å²) in [5.41, 5.74) is -0.243. The molecule has 1 aromatic rings. The molecule has 0 aromatic heterocycles. The summed E-state index contributed by atoms with van der Waals surface area (Å²) in [6.07, 6.45) is -0.837. The van der Waals surface area contributed by atoms with Crippen LogP contribution in [0.5, 0.6) is 0 Å². The number of nitrogens with one attached hydrogen (secondary N) is 1. The first kappa shape index (κ1) is 11.3. The maximum Gasteiger partial charge on any atom is 0.246 e. The van der Waals surface area contributed by atoms with E-state index in [1.54, 1.807) is 0 Å². The molecule has 1 aromatic carbocycles. The summed E-state index contributed by atoms with van der Waals surface area (Å²) in [7, 11) is 0. The number of amides is 1. The summed E-state index contributed by atoms with van der Waals surface area (Å²) < 4.78 is 32.0. The second-order valence-electron chi connectivity index (χ2n) is 3.36. The zero-order chi connectivity index (χ0) is 11.7. The molecule has 1 aliphatic heterocycles. The summed E-state index contributed by atoms with van der Waals surface area (Å²) in [6, 6.07) is 2.21. The molecule has 0 spiro atoms. The van der Waals surface area contributed by atoms with Gasteiger partial charge in [-0.15, -0.1) is 0 Å². The predicted molar refractivity (Wildman–Crippen MR) is 53.1 cm³/mol. The topological polar surface area (TPSA) is 38.3 Å². The molecule has 1 fully saturated rings. The maximum atomic E-state index is 13.6. The van der Waals surface area contributed by atoms with Gasteiger partial charge >= 0.3 is 0 Å². The van der Waals surface area contributed by atoms with Crippen LogP contribution in [0.3, 0.4) is 0 Å². The van der Waals surface area contributed by atoms with Crippen LogP contribution < -0.4 is 5.32 Å². The number of halogens is 3. The van der Waals surface area contributed by atoms with Crippen LogP contribution in [-0.4, -0.2) is 19.1 Å². The number of hydrogen-bond acceptors (Lipinski definition) is 2. The summed E-state index contributed by atoms with van der Waals surface area (Å²) in [6.45, 7) is -0.178. The number of carbonyl (C=O) groups is 1. The van der Waals surface area contributed by atoms with Crippen molar-refractivity contribution in [3.8, 4) is 0 Å². The number of carbonyl (C=O) groups excluding carboxylic acids is 1. The highest BCUT2D eigenvalue weighted by Crippen LogP contribution is 2.29. The molecule has 1 unspecified atom stereocenters. The predicted octanol–water partition coefficient (Wildman–Crippen LogP) is 1.81. The molecular weight excluding hydrogens is 240 g/mol. The summed E-state index contributed by atoms with van der Waals surface area (Å²) in [5.74, 6) is -1.88. The highest BCUT2D eigenvalue weighted by molar-refractivity contribution is 6.30. The van der Waals surface area contributed by atoms with Crippen LogP contribution in [-0.2, 0) is 9.53 Å². The second-order valence-corrected chi connectivity index (χ2v) is 3.77. The molecule has 1 aliphatic rings. The van der Waals surface area contributed by atoms with E-state index in [9.17, 15) is 13.6 Å². The van der Waals surface area contributed by atoms with Crippen LogP contribution in [0.4, 0.5) is 8.78 Å². The molecule has 1 saturated heterocycles. The molecule has 1 amide bonds. The van der Waals surface area contributed by atoms with E-state index >= 15 is 0 Å². The van der Waals surface area contributed by atoms with Crippen LogP contribution in [0.15, 0.2) is 12.1 Å². The van der Waals surface area contributed by atoms with Crippen LogP contribution in [0.25, 0.3) is 0 Å². The van der Waals surface area contributed by atoms with Crippen LogP contribution in [0.1, 0.15) is 11.7 Å². The minimum absolute atomic E-state index is 0.0347.